The molecule has 0 radical (unpaired) electrons. The Bertz CT molecular complexity index is 507. The molecule has 0 bridgehead atoms. The molecule has 4 heteroatoms. The average Bonchev–Trinajstić information content (AvgIpc) is 2.82. The third-order valence-electron chi connectivity index (χ3n) is 3.40. The molecule has 0 fully saturated rings. The van der Waals surface area contributed by atoms with Gasteiger partial charge in [-0.1, -0.05) is 13.8 Å². The molecule has 2 aromatic rings. The Morgan fingerprint density at radius 3 is 3.00 bits per heavy atom. The number of aromatic nitrogens is 2. The zero-order valence-corrected chi connectivity index (χ0v) is 11.9. The monoisotopic (exact) mass is 261 g/mol. The van der Waals surface area contributed by atoms with Gasteiger partial charge in [0.05, 0.1) is 6.61 Å². The summed E-state index contributed by atoms with van der Waals surface area (Å²) in [4.78, 5) is 7.51. The number of ether oxygens (including phenoxy) is 1. The quantitative estimate of drug-likeness (QED) is 0.805. The zero-order chi connectivity index (χ0) is 13.7. The first-order valence-electron chi connectivity index (χ1n) is 6.94. The molecule has 2 N–H and O–H groups in total. The molecule has 0 aliphatic carbocycles. The summed E-state index contributed by atoms with van der Waals surface area (Å²) in [5.74, 6) is 0.551. The van der Waals surface area contributed by atoms with Gasteiger partial charge in [-0.05, 0) is 30.5 Å². The fraction of sp³-hybridized carbons (Fsp3) is 0.533. The van der Waals surface area contributed by atoms with Crippen molar-refractivity contribution in [3.63, 3.8) is 0 Å². The Labute approximate surface area is 114 Å². The van der Waals surface area contributed by atoms with Gasteiger partial charge in [0.1, 0.15) is 5.65 Å². The molecule has 2 aromatic heterocycles. The first kappa shape index (κ1) is 14.0. The van der Waals surface area contributed by atoms with Crippen molar-refractivity contribution in [2.24, 2.45) is 5.92 Å². The summed E-state index contributed by atoms with van der Waals surface area (Å²) in [5.41, 5.74) is 2.20. The maximum Gasteiger partial charge on any atom is 0.137 e. The lowest BCUT2D eigenvalue weighted by molar-refractivity contribution is 0.108. The van der Waals surface area contributed by atoms with Crippen LogP contribution in [0.25, 0.3) is 11.0 Å². The van der Waals surface area contributed by atoms with E-state index in [1.165, 1.54) is 10.9 Å². The minimum absolute atomic E-state index is 0.376. The van der Waals surface area contributed by atoms with Crippen molar-refractivity contribution in [2.45, 2.75) is 33.4 Å². The molecule has 0 saturated carbocycles. The summed E-state index contributed by atoms with van der Waals surface area (Å²) < 4.78 is 5.53. The van der Waals surface area contributed by atoms with Gasteiger partial charge in [-0.3, -0.25) is 0 Å². The summed E-state index contributed by atoms with van der Waals surface area (Å²) in [6, 6.07) is 4.45. The van der Waals surface area contributed by atoms with Crippen LogP contribution in [-0.2, 0) is 11.3 Å². The van der Waals surface area contributed by atoms with Crippen LogP contribution in [0, 0.1) is 5.92 Å². The van der Waals surface area contributed by atoms with Crippen molar-refractivity contribution in [1.82, 2.24) is 15.3 Å². The molecule has 19 heavy (non-hydrogen) atoms. The zero-order valence-electron chi connectivity index (χ0n) is 11.9. The molecule has 1 atom stereocenters. The molecule has 4 nitrogen and oxygen atoms in total. The number of hydrogen-bond donors (Lipinski definition) is 2. The second kappa shape index (κ2) is 6.68. The van der Waals surface area contributed by atoms with Crippen LogP contribution in [0.1, 0.15) is 26.3 Å². The van der Waals surface area contributed by atoms with Crippen molar-refractivity contribution < 1.29 is 4.74 Å². The minimum atomic E-state index is 0.376. The molecule has 1 unspecified atom stereocenters. The second-order valence-electron chi connectivity index (χ2n) is 5.10. The Hall–Kier alpha value is -1.39. The highest BCUT2D eigenvalue weighted by atomic mass is 16.5. The fourth-order valence-electron chi connectivity index (χ4n) is 2.13. The van der Waals surface area contributed by atoms with E-state index in [2.05, 4.69) is 35.2 Å². The highest BCUT2D eigenvalue weighted by Crippen LogP contribution is 2.16. The van der Waals surface area contributed by atoms with Crippen molar-refractivity contribution >= 4 is 11.0 Å². The van der Waals surface area contributed by atoms with Gasteiger partial charge >= 0.3 is 0 Å². The van der Waals surface area contributed by atoms with Crippen LogP contribution in [0.2, 0.25) is 0 Å². The Balaban J connectivity index is 2.00. The molecule has 0 amide bonds. The van der Waals surface area contributed by atoms with E-state index >= 15 is 0 Å². The number of aromatic amines is 1. The van der Waals surface area contributed by atoms with E-state index in [0.29, 0.717) is 12.0 Å². The summed E-state index contributed by atoms with van der Waals surface area (Å²) in [6.45, 7) is 8.82. The van der Waals surface area contributed by atoms with E-state index in [1.807, 2.05) is 25.4 Å². The summed E-state index contributed by atoms with van der Waals surface area (Å²) in [6.07, 6.45) is 3.84. The topological polar surface area (TPSA) is 49.9 Å². The van der Waals surface area contributed by atoms with Gasteiger partial charge in [0.15, 0.2) is 0 Å². The van der Waals surface area contributed by atoms with Gasteiger partial charge in [-0.2, -0.15) is 0 Å². The molecule has 104 valence electrons. The number of rotatable bonds is 7. The van der Waals surface area contributed by atoms with E-state index in [1.54, 1.807) is 0 Å². The summed E-state index contributed by atoms with van der Waals surface area (Å²) in [7, 11) is 0. The minimum Gasteiger partial charge on any atom is -0.380 e. The van der Waals surface area contributed by atoms with Crippen LogP contribution >= 0.6 is 0 Å². The summed E-state index contributed by atoms with van der Waals surface area (Å²) in [5, 5.41) is 4.76. The second-order valence-corrected chi connectivity index (χ2v) is 5.10. The van der Waals surface area contributed by atoms with E-state index in [9.17, 15) is 0 Å². The number of nitrogens with one attached hydrogen (secondary N) is 2. The molecule has 2 heterocycles. The number of nitrogens with zero attached hydrogens (tertiary/aromatic N) is 1. The van der Waals surface area contributed by atoms with Crippen LogP contribution in [0.4, 0.5) is 0 Å². The Kier molecular flexibility index (Phi) is 4.93. The van der Waals surface area contributed by atoms with Crippen LogP contribution < -0.4 is 5.32 Å². The smallest absolute Gasteiger partial charge is 0.137 e. The molecule has 2 rings (SSSR count). The van der Waals surface area contributed by atoms with Crippen LogP contribution in [0.3, 0.4) is 0 Å². The molecular weight excluding hydrogens is 238 g/mol. The van der Waals surface area contributed by atoms with Gasteiger partial charge in [0, 0.05) is 37.0 Å². The highest BCUT2D eigenvalue weighted by molar-refractivity contribution is 5.79. The number of pyridine rings is 1. The third kappa shape index (κ3) is 3.55. The molecular formula is C15H23N3O. The maximum atomic E-state index is 5.53. The van der Waals surface area contributed by atoms with Crippen LogP contribution in [-0.4, -0.2) is 29.2 Å². The van der Waals surface area contributed by atoms with E-state index in [-0.39, 0.29) is 0 Å². The van der Waals surface area contributed by atoms with E-state index < -0.39 is 0 Å². The van der Waals surface area contributed by atoms with Gasteiger partial charge in [-0.25, -0.2) is 4.98 Å². The first-order valence-corrected chi connectivity index (χ1v) is 6.94. The normalized spacial score (nSPS) is 13.3. The third-order valence-corrected chi connectivity index (χ3v) is 3.40. The first-order chi connectivity index (χ1) is 9.22. The Morgan fingerprint density at radius 2 is 2.26 bits per heavy atom. The standard InChI is InChI=1S/C15H23N3O/c1-4-19-10-14(11(2)3)17-8-12-9-18-15-13(12)6-5-7-16-15/h5-7,9,11,14,17H,4,8,10H2,1-3H3,(H,16,18). The summed E-state index contributed by atoms with van der Waals surface area (Å²) >= 11 is 0. The van der Waals surface area contributed by atoms with Gasteiger partial charge in [-0.15, -0.1) is 0 Å². The highest BCUT2D eigenvalue weighted by Gasteiger charge is 2.13. The number of H-pyrrole nitrogens is 1. The van der Waals surface area contributed by atoms with Crippen LogP contribution in [0.5, 0.6) is 0 Å². The Morgan fingerprint density at radius 1 is 1.42 bits per heavy atom. The predicted molar refractivity (Wildman–Crippen MR) is 78.1 cm³/mol. The number of fused-ring (bicyclic) bond motifs is 1. The van der Waals surface area contributed by atoms with Crippen molar-refractivity contribution in [2.75, 3.05) is 13.2 Å². The molecule has 0 aromatic carbocycles. The lowest BCUT2D eigenvalue weighted by Crippen LogP contribution is -2.37. The lowest BCUT2D eigenvalue weighted by Gasteiger charge is -2.22. The molecule has 0 spiro atoms. The molecule has 0 saturated heterocycles. The van der Waals surface area contributed by atoms with Crippen molar-refractivity contribution in [3.05, 3.63) is 30.1 Å². The molecule has 0 aliphatic heterocycles. The van der Waals surface area contributed by atoms with Crippen molar-refractivity contribution in [1.29, 1.82) is 0 Å². The van der Waals surface area contributed by atoms with Crippen molar-refractivity contribution in [3.8, 4) is 0 Å². The van der Waals surface area contributed by atoms with Gasteiger partial charge < -0.3 is 15.0 Å². The largest absolute Gasteiger partial charge is 0.380 e. The van der Waals surface area contributed by atoms with Gasteiger partial charge in [0.2, 0.25) is 0 Å². The van der Waals surface area contributed by atoms with E-state index in [0.717, 1.165) is 25.4 Å². The fourth-order valence-corrected chi connectivity index (χ4v) is 2.13. The number of hydrogen-bond acceptors (Lipinski definition) is 3. The predicted octanol–water partition coefficient (Wildman–Crippen LogP) is 2.71. The lowest BCUT2D eigenvalue weighted by atomic mass is 10.0. The maximum absolute atomic E-state index is 5.53. The SMILES string of the molecule is CCOCC(NCc1c[nH]c2ncccc12)C(C)C. The van der Waals surface area contributed by atoms with Crippen LogP contribution in [0.15, 0.2) is 24.5 Å². The average molecular weight is 261 g/mol. The van der Waals surface area contributed by atoms with E-state index in [4.69, 9.17) is 4.74 Å². The van der Waals surface area contributed by atoms with Gasteiger partial charge in [0.25, 0.3) is 0 Å². The molecule has 0 aliphatic rings.